The molecule has 0 saturated carbocycles. The van der Waals surface area contributed by atoms with E-state index in [4.69, 9.17) is 4.74 Å². The fourth-order valence-electron chi connectivity index (χ4n) is 2.27. The standard InChI is InChI=1S/C17H19NO3/c1-5-7-12-8-6-9-14-15(12)13(11-19)10-18(14)16(20)21-17(2,3)4/h5-6,8-11H,1,7H2,2-4H3. The maximum Gasteiger partial charge on any atom is 0.419 e. The highest BCUT2D eigenvalue weighted by Crippen LogP contribution is 2.26. The van der Waals surface area contributed by atoms with E-state index < -0.39 is 11.7 Å². The van der Waals surface area contributed by atoms with Crippen LogP contribution in [0, 0.1) is 0 Å². The van der Waals surface area contributed by atoms with Gasteiger partial charge in [0.15, 0.2) is 6.29 Å². The molecule has 21 heavy (non-hydrogen) atoms. The number of hydrogen-bond donors (Lipinski definition) is 0. The van der Waals surface area contributed by atoms with Gasteiger partial charge in [0.05, 0.1) is 5.52 Å². The Bertz CT molecular complexity index is 705. The van der Waals surface area contributed by atoms with Crippen molar-refractivity contribution in [3.8, 4) is 0 Å². The molecule has 0 aliphatic rings. The van der Waals surface area contributed by atoms with E-state index in [0.29, 0.717) is 17.5 Å². The van der Waals surface area contributed by atoms with Gasteiger partial charge in [-0.3, -0.25) is 9.36 Å². The molecule has 0 spiro atoms. The predicted octanol–water partition coefficient (Wildman–Crippen LogP) is 3.97. The van der Waals surface area contributed by atoms with E-state index in [9.17, 15) is 9.59 Å². The molecule has 0 fully saturated rings. The Morgan fingerprint density at radius 3 is 2.67 bits per heavy atom. The molecular formula is C17H19NO3. The summed E-state index contributed by atoms with van der Waals surface area (Å²) in [7, 11) is 0. The van der Waals surface area contributed by atoms with Gasteiger partial charge in [-0.25, -0.2) is 4.79 Å². The van der Waals surface area contributed by atoms with Crippen LogP contribution >= 0.6 is 0 Å². The van der Waals surface area contributed by atoms with Crippen LogP contribution in [0.2, 0.25) is 0 Å². The summed E-state index contributed by atoms with van der Waals surface area (Å²) in [6, 6.07) is 5.59. The Morgan fingerprint density at radius 2 is 2.10 bits per heavy atom. The second-order valence-electron chi connectivity index (χ2n) is 5.86. The lowest BCUT2D eigenvalue weighted by atomic mass is 10.0. The first-order valence-electron chi connectivity index (χ1n) is 6.79. The van der Waals surface area contributed by atoms with Crippen molar-refractivity contribution in [2.45, 2.75) is 32.8 Å². The average Bonchev–Trinajstić information content (AvgIpc) is 2.77. The van der Waals surface area contributed by atoms with Gasteiger partial charge in [0.1, 0.15) is 5.60 Å². The van der Waals surface area contributed by atoms with Gasteiger partial charge < -0.3 is 4.74 Å². The van der Waals surface area contributed by atoms with Crippen LogP contribution in [0.3, 0.4) is 0 Å². The van der Waals surface area contributed by atoms with Gasteiger partial charge in [-0.1, -0.05) is 18.2 Å². The van der Waals surface area contributed by atoms with Crippen molar-refractivity contribution in [2.24, 2.45) is 0 Å². The second kappa shape index (κ2) is 5.56. The summed E-state index contributed by atoms with van der Waals surface area (Å²) in [5.74, 6) is 0. The van der Waals surface area contributed by atoms with Crippen molar-refractivity contribution in [3.05, 3.63) is 48.2 Å². The number of hydrogen-bond acceptors (Lipinski definition) is 3. The maximum atomic E-state index is 12.3. The number of benzene rings is 1. The van der Waals surface area contributed by atoms with Crippen LogP contribution in [-0.4, -0.2) is 22.5 Å². The van der Waals surface area contributed by atoms with Gasteiger partial charge in [-0.2, -0.15) is 0 Å². The molecule has 0 atom stereocenters. The van der Waals surface area contributed by atoms with Gasteiger partial charge in [0, 0.05) is 17.1 Å². The first-order valence-corrected chi connectivity index (χ1v) is 6.79. The molecule has 0 aliphatic heterocycles. The molecule has 110 valence electrons. The first-order chi connectivity index (χ1) is 9.87. The highest BCUT2D eigenvalue weighted by atomic mass is 16.6. The molecule has 1 aromatic carbocycles. The number of aromatic nitrogens is 1. The van der Waals surface area contributed by atoms with E-state index in [1.54, 1.807) is 32.9 Å². The summed E-state index contributed by atoms with van der Waals surface area (Å²) in [6.45, 7) is 9.14. The summed E-state index contributed by atoms with van der Waals surface area (Å²) in [5.41, 5.74) is 1.53. The van der Waals surface area contributed by atoms with Crippen LogP contribution in [0.5, 0.6) is 0 Å². The third kappa shape index (κ3) is 3.05. The average molecular weight is 285 g/mol. The maximum absolute atomic E-state index is 12.3. The fourth-order valence-corrected chi connectivity index (χ4v) is 2.27. The molecule has 0 aliphatic carbocycles. The molecule has 1 heterocycles. The van der Waals surface area contributed by atoms with Crippen LogP contribution in [0.15, 0.2) is 37.1 Å². The van der Waals surface area contributed by atoms with E-state index >= 15 is 0 Å². The third-order valence-corrected chi connectivity index (χ3v) is 3.03. The quantitative estimate of drug-likeness (QED) is 0.633. The monoisotopic (exact) mass is 285 g/mol. The lowest BCUT2D eigenvalue weighted by Crippen LogP contribution is -2.26. The zero-order valence-electron chi connectivity index (χ0n) is 12.6. The molecule has 0 saturated heterocycles. The Morgan fingerprint density at radius 1 is 1.38 bits per heavy atom. The van der Waals surface area contributed by atoms with Crippen molar-refractivity contribution < 1.29 is 14.3 Å². The highest BCUT2D eigenvalue weighted by molar-refractivity contribution is 6.03. The summed E-state index contributed by atoms with van der Waals surface area (Å²) in [4.78, 5) is 23.6. The second-order valence-corrected chi connectivity index (χ2v) is 5.86. The van der Waals surface area contributed by atoms with Crippen molar-refractivity contribution >= 4 is 23.3 Å². The Kier molecular flexibility index (Phi) is 3.98. The largest absolute Gasteiger partial charge is 0.443 e. The highest BCUT2D eigenvalue weighted by Gasteiger charge is 2.21. The summed E-state index contributed by atoms with van der Waals surface area (Å²) < 4.78 is 6.76. The normalized spacial score (nSPS) is 11.4. The number of aldehydes is 1. The predicted molar refractivity (Wildman–Crippen MR) is 82.9 cm³/mol. The first kappa shape index (κ1) is 15.0. The molecule has 0 unspecified atom stereocenters. The zero-order valence-corrected chi connectivity index (χ0v) is 12.6. The Balaban J connectivity index is 2.61. The van der Waals surface area contributed by atoms with Crippen molar-refractivity contribution in [1.29, 1.82) is 0 Å². The zero-order chi connectivity index (χ0) is 15.6. The minimum absolute atomic E-state index is 0.480. The van der Waals surface area contributed by atoms with E-state index in [2.05, 4.69) is 6.58 Å². The van der Waals surface area contributed by atoms with Crippen LogP contribution in [-0.2, 0) is 11.2 Å². The molecule has 0 radical (unpaired) electrons. The SMILES string of the molecule is C=CCc1cccc2c1c(C=O)cn2C(=O)OC(C)(C)C. The lowest BCUT2D eigenvalue weighted by molar-refractivity contribution is 0.0544. The molecule has 0 bridgehead atoms. The van der Waals surface area contributed by atoms with Crippen LogP contribution in [0.4, 0.5) is 4.79 Å². The summed E-state index contributed by atoms with van der Waals surface area (Å²) in [6.07, 6.45) is 4.20. The van der Waals surface area contributed by atoms with Crippen LogP contribution in [0.25, 0.3) is 10.9 Å². The number of fused-ring (bicyclic) bond motifs is 1. The van der Waals surface area contributed by atoms with Crippen LogP contribution < -0.4 is 0 Å². The Labute approximate surface area is 124 Å². The summed E-state index contributed by atoms with van der Waals surface area (Å²) >= 11 is 0. The van der Waals surface area contributed by atoms with E-state index in [-0.39, 0.29) is 0 Å². The minimum Gasteiger partial charge on any atom is -0.443 e. The third-order valence-electron chi connectivity index (χ3n) is 3.03. The molecule has 2 rings (SSSR count). The number of carbonyl (C=O) groups excluding carboxylic acids is 2. The molecule has 0 N–H and O–H groups in total. The number of nitrogens with zero attached hydrogens (tertiary/aromatic N) is 1. The molecular weight excluding hydrogens is 266 g/mol. The Hall–Kier alpha value is -2.36. The summed E-state index contributed by atoms with van der Waals surface area (Å²) in [5, 5.41) is 0.776. The van der Waals surface area contributed by atoms with Crippen molar-refractivity contribution in [2.75, 3.05) is 0 Å². The minimum atomic E-state index is -0.590. The fraction of sp³-hybridized carbons (Fsp3) is 0.294. The van der Waals surface area contributed by atoms with E-state index in [1.165, 1.54) is 10.8 Å². The number of carbonyl (C=O) groups is 2. The molecule has 0 amide bonds. The van der Waals surface area contributed by atoms with Crippen molar-refractivity contribution in [3.63, 3.8) is 0 Å². The lowest BCUT2D eigenvalue weighted by Gasteiger charge is -2.19. The number of allylic oxidation sites excluding steroid dienone is 1. The van der Waals surface area contributed by atoms with Crippen LogP contribution in [0.1, 0.15) is 36.7 Å². The van der Waals surface area contributed by atoms with Gasteiger partial charge in [-0.15, -0.1) is 6.58 Å². The molecule has 4 heteroatoms. The van der Waals surface area contributed by atoms with E-state index in [0.717, 1.165) is 17.2 Å². The topological polar surface area (TPSA) is 48.3 Å². The van der Waals surface area contributed by atoms with Gasteiger partial charge in [0.25, 0.3) is 0 Å². The van der Waals surface area contributed by atoms with E-state index in [1.807, 2.05) is 12.1 Å². The molecule has 1 aromatic heterocycles. The molecule has 2 aromatic rings. The van der Waals surface area contributed by atoms with Gasteiger partial charge >= 0.3 is 6.09 Å². The van der Waals surface area contributed by atoms with Gasteiger partial charge in [0.2, 0.25) is 0 Å². The molecule has 4 nitrogen and oxygen atoms in total. The number of ether oxygens (including phenoxy) is 1. The van der Waals surface area contributed by atoms with Gasteiger partial charge in [-0.05, 0) is 38.8 Å². The number of rotatable bonds is 3. The van der Waals surface area contributed by atoms with Crippen molar-refractivity contribution in [1.82, 2.24) is 4.57 Å². The smallest absolute Gasteiger partial charge is 0.419 e.